The number of nitrogens with zero attached hydrogens (tertiary/aromatic N) is 2. The van der Waals surface area contributed by atoms with E-state index in [4.69, 9.17) is 11.6 Å². The summed E-state index contributed by atoms with van der Waals surface area (Å²) >= 11 is 9.04. The molecule has 1 aromatic heterocycles. The van der Waals surface area contributed by atoms with Gasteiger partial charge in [0, 0.05) is 4.47 Å². The van der Waals surface area contributed by atoms with Crippen molar-refractivity contribution < 1.29 is 13.2 Å². The van der Waals surface area contributed by atoms with Gasteiger partial charge in [-0.2, -0.15) is 18.3 Å². The predicted molar refractivity (Wildman–Crippen MR) is 61.3 cm³/mol. The summed E-state index contributed by atoms with van der Waals surface area (Å²) in [7, 11) is 0. The Balaban J connectivity index is 2.66. The average molecular weight is 326 g/mol. The Morgan fingerprint density at radius 2 is 1.94 bits per heavy atom. The summed E-state index contributed by atoms with van der Waals surface area (Å²) < 4.78 is 39.3. The molecule has 0 N–H and O–H groups in total. The molecule has 0 spiro atoms. The van der Waals surface area contributed by atoms with Crippen molar-refractivity contribution in [2.75, 3.05) is 0 Å². The molecule has 0 unspecified atom stereocenters. The van der Waals surface area contributed by atoms with Gasteiger partial charge >= 0.3 is 6.18 Å². The Hall–Kier alpha value is -1.01. The average Bonchev–Trinajstić information content (AvgIpc) is 2.65. The molecule has 0 aliphatic heterocycles. The van der Waals surface area contributed by atoms with Gasteiger partial charge in [-0.3, -0.25) is 0 Å². The van der Waals surface area contributed by atoms with E-state index in [0.29, 0.717) is 4.47 Å². The van der Waals surface area contributed by atoms with Gasteiger partial charge in [-0.1, -0.05) is 17.7 Å². The van der Waals surface area contributed by atoms with Crippen molar-refractivity contribution >= 4 is 27.5 Å². The first-order valence-electron chi connectivity index (χ1n) is 4.47. The van der Waals surface area contributed by atoms with Crippen LogP contribution in [0, 0.1) is 0 Å². The van der Waals surface area contributed by atoms with E-state index in [2.05, 4.69) is 21.0 Å². The molecule has 0 saturated carbocycles. The lowest BCUT2D eigenvalue weighted by Crippen LogP contribution is -2.13. The zero-order valence-corrected chi connectivity index (χ0v) is 10.5. The van der Waals surface area contributed by atoms with Crippen LogP contribution >= 0.6 is 27.5 Å². The summed E-state index contributed by atoms with van der Waals surface area (Å²) in [6, 6.07) is 5.63. The van der Waals surface area contributed by atoms with Crippen molar-refractivity contribution in [1.82, 2.24) is 9.78 Å². The second-order valence-electron chi connectivity index (χ2n) is 3.20. The maximum atomic E-state index is 12.7. The molecule has 17 heavy (non-hydrogen) atoms. The summed E-state index contributed by atoms with van der Waals surface area (Å²) in [6.07, 6.45) is -3.40. The van der Waals surface area contributed by atoms with Crippen LogP contribution in [0.3, 0.4) is 0 Å². The fourth-order valence-corrected chi connectivity index (χ4v) is 2.29. The fraction of sp³-hybridized carbons (Fsp3) is 0.100. The molecule has 7 heteroatoms. The third-order valence-corrected chi connectivity index (χ3v) is 3.03. The van der Waals surface area contributed by atoms with Crippen LogP contribution in [0.4, 0.5) is 13.2 Å². The summed E-state index contributed by atoms with van der Waals surface area (Å²) in [6.45, 7) is 0. The van der Waals surface area contributed by atoms with Gasteiger partial charge in [0.05, 0.1) is 16.9 Å². The van der Waals surface area contributed by atoms with Crippen molar-refractivity contribution in [1.29, 1.82) is 0 Å². The van der Waals surface area contributed by atoms with Gasteiger partial charge in [-0.15, -0.1) is 0 Å². The van der Waals surface area contributed by atoms with Gasteiger partial charge in [0.1, 0.15) is 5.69 Å². The van der Waals surface area contributed by atoms with Crippen LogP contribution in [0.2, 0.25) is 5.02 Å². The molecule has 0 aliphatic rings. The number of halogens is 5. The quantitative estimate of drug-likeness (QED) is 0.764. The van der Waals surface area contributed by atoms with Gasteiger partial charge in [0.25, 0.3) is 0 Å². The van der Waals surface area contributed by atoms with Crippen LogP contribution in [0.1, 0.15) is 5.69 Å². The van der Waals surface area contributed by atoms with Crippen molar-refractivity contribution in [2.24, 2.45) is 0 Å². The highest BCUT2D eigenvalue weighted by atomic mass is 79.9. The van der Waals surface area contributed by atoms with Crippen LogP contribution in [-0.2, 0) is 6.18 Å². The number of hydrogen-bond acceptors (Lipinski definition) is 1. The second kappa shape index (κ2) is 4.34. The third kappa shape index (κ3) is 2.32. The molecule has 0 amide bonds. The van der Waals surface area contributed by atoms with Gasteiger partial charge in [-0.25, -0.2) is 4.68 Å². The maximum absolute atomic E-state index is 12.7. The van der Waals surface area contributed by atoms with E-state index >= 15 is 0 Å². The highest BCUT2D eigenvalue weighted by molar-refractivity contribution is 9.10. The SMILES string of the molecule is FC(F)(F)c1ccnn1-c1c(Cl)cccc1Br. The standard InChI is InChI=1S/C10H5BrClF3N2/c11-6-2-1-3-7(12)9(6)17-8(4-5-16-17)10(13,14)15/h1-5H. The number of hydrogen-bond donors (Lipinski definition) is 0. The Labute approximate surface area is 108 Å². The topological polar surface area (TPSA) is 17.8 Å². The van der Waals surface area contributed by atoms with E-state index in [0.717, 1.165) is 16.9 Å². The summed E-state index contributed by atoms with van der Waals surface area (Å²) in [5, 5.41) is 3.85. The van der Waals surface area contributed by atoms with E-state index in [-0.39, 0.29) is 10.7 Å². The molecule has 1 aromatic carbocycles. The number of aromatic nitrogens is 2. The second-order valence-corrected chi connectivity index (χ2v) is 4.46. The van der Waals surface area contributed by atoms with E-state index in [9.17, 15) is 13.2 Å². The van der Waals surface area contributed by atoms with Crippen LogP contribution < -0.4 is 0 Å². The number of benzene rings is 1. The van der Waals surface area contributed by atoms with Crippen LogP contribution in [0.15, 0.2) is 34.9 Å². The van der Waals surface area contributed by atoms with Crippen molar-refractivity contribution in [3.8, 4) is 5.69 Å². The summed E-state index contributed by atoms with van der Waals surface area (Å²) in [5.41, 5.74) is -0.696. The summed E-state index contributed by atoms with van der Waals surface area (Å²) in [5.74, 6) is 0. The van der Waals surface area contributed by atoms with Crippen LogP contribution in [-0.4, -0.2) is 9.78 Å². The minimum Gasteiger partial charge on any atom is -0.226 e. The molecule has 0 fully saturated rings. The van der Waals surface area contributed by atoms with Gasteiger partial charge in [-0.05, 0) is 34.1 Å². The monoisotopic (exact) mass is 324 g/mol. The van der Waals surface area contributed by atoms with Crippen LogP contribution in [0.25, 0.3) is 5.69 Å². The molecule has 2 nitrogen and oxygen atoms in total. The smallest absolute Gasteiger partial charge is 0.226 e. The Morgan fingerprint density at radius 3 is 2.53 bits per heavy atom. The van der Waals surface area contributed by atoms with Gasteiger partial charge < -0.3 is 0 Å². The molecule has 90 valence electrons. The lowest BCUT2D eigenvalue weighted by molar-refractivity contribution is -0.142. The zero-order valence-electron chi connectivity index (χ0n) is 8.17. The first-order valence-corrected chi connectivity index (χ1v) is 5.64. The fourth-order valence-electron chi connectivity index (χ4n) is 1.39. The molecular weight excluding hydrogens is 320 g/mol. The molecule has 2 aromatic rings. The molecule has 0 aliphatic carbocycles. The Bertz CT molecular complexity index is 530. The van der Waals surface area contributed by atoms with Crippen molar-refractivity contribution in [3.63, 3.8) is 0 Å². The molecule has 1 heterocycles. The Morgan fingerprint density at radius 1 is 1.24 bits per heavy atom. The zero-order chi connectivity index (χ0) is 12.6. The van der Waals surface area contributed by atoms with Crippen molar-refractivity contribution in [2.45, 2.75) is 6.18 Å². The van der Waals surface area contributed by atoms with Crippen LogP contribution in [0.5, 0.6) is 0 Å². The summed E-state index contributed by atoms with van der Waals surface area (Å²) in [4.78, 5) is 0. The van der Waals surface area contributed by atoms with E-state index in [1.165, 1.54) is 6.07 Å². The lowest BCUT2D eigenvalue weighted by Gasteiger charge is -2.12. The minimum absolute atomic E-state index is 0.173. The van der Waals surface area contributed by atoms with Gasteiger partial charge in [0.2, 0.25) is 0 Å². The molecule has 0 atom stereocenters. The third-order valence-electron chi connectivity index (χ3n) is 2.08. The van der Waals surface area contributed by atoms with Gasteiger partial charge in [0.15, 0.2) is 0 Å². The first-order chi connectivity index (χ1) is 7.91. The van der Waals surface area contributed by atoms with E-state index in [1.807, 2.05) is 0 Å². The largest absolute Gasteiger partial charge is 0.433 e. The van der Waals surface area contributed by atoms with Crippen molar-refractivity contribution in [3.05, 3.63) is 45.7 Å². The highest BCUT2D eigenvalue weighted by Gasteiger charge is 2.35. The maximum Gasteiger partial charge on any atom is 0.433 e. The van der Waals surface area contributed by atoms with E-state index in [1.54, 1.807) is 12.1 Å². The normalized spacial score (nSPS) is 11.8. The predicted octanol–water partition coefficient (Wildman–Crippen LogP) is 4.31. The number of rotatable bonds is 1. The minimum atomic E-state index is -4.48. The highest BCUT2D eigenvalue weighted by Crippen LogP contribution is 2.35. The Kier molecular flexibility index (Phi) is 3.18. The molecule has 0 bridgehead atoms. The number of alkyl halides is 3. The molecule has 0 radical (unpaired) electrons. The van der Waals surface area contributed by atoms with E-state index < -0.39 is 11.9 Å². The molecular formula is C10H5BrClF3N2. The molecule has 0 saturated heterocycles. The number of para-hydroxylation sites is 1. The first kappa shape index (κ1) is 12.4. The molecule has 2 rings (SSSR count). The lowest BCUT2D eigenvalue weighted by atomic mass is 10.3.